The maximum absolute atomic E-state index is 12.9. The van der Waals surface area contributed by atoms with Gasteiger partial charge in [-0.05, 0) is 39.5 Å². The van der Waals surface area contributed by atoms with Gasteiger partial charge < -0.3 is 29.9 Å². The van der Waals surface area contributed by atoms with Crippen molar-refractivity contribution in [1.82, 2.24) is 0 Å². The lowest BCUT2D eigenvalue weighted by molar-refractivity contribution is -0.291. The first kappa shape index (κ1) is 22.1. The standard InChI is InChI=1S/C21H30O8/c1-10-5-4-6-21(3)13(10)7-12(8-15(21)23)11(2)19(27)29-20-18(26)17(25)16(24)14(9-22)28-20/h12,14,16-18,20,22,24-26H,2,4-9H2,1,3H3/t12-,14+,16+,17-,18+,20-,21-/m0/s1. The number of rotatable bonds is 4. The van der Waals surface area contributed by atoms with E-state index in [2.05, 4.69) is 6.58 Å². The van der Waals surface area contributed by atoms with E-state index >= 15 is 0 Å². The number of esters is 1. The molecule has 162 valence electrons. The maximum Gasteiger partial charge on any atom is 0.336 e. The van der Waals surface area contributed by atoms with Gasteiger partial charge in [0.15, 0.2) is 0 Å². The van der Waals surface area contributed by atoms with E-state index in [-0.39, 0.29) is 17.8 Å². The number of aliphatic hydroxyl groups is 4. The van der Waals surface area contributed by atoms with Gasteiger partial charge in [-0.1, -0.05) is 17.7 Å². The van der Waals surface area contributed by atoms with Crippen LogP contribution in [-0.4, -0.2) is 69.5 Å². The number of allylic oxidation sites excluding steroid dienone is 2. The molecule has 7 atom stereocenters. The van der Waals surface area contributed by atoms with Gasteiger partial charge in [0.1, 0.15) is 30.2 Å². The van der Waals surface area contributed by atoms with Gasteiger partial charge in [0.2, 0.25) is 6.29 Å². The van der Waals surface area contributed by atoms with Gasteiger partial charge in [-0.3, -0.25) is 4.79 Å². The summed E-state index contributed by atoms with van der Waals surface area (Å²) < 4.78 is 10.4. The predicted molar refractivity (Wildman–Crippen MR) is 101 cm³/mol. The first-order valence-corrected chi connectivity index (χ1v) is 10.0. The van der Waals surface area contributed by atoms with Crippen LogP contribution in [0.2, 0.25) is 0 Å². The smallest absolute Gasteiger partial charge is 0.336 e. The zero-order valence-corrected chi connectivity index (χ0v) is 16.8. The highest BCUT2D eigenvalue weighted by atomic mass is 16.7. The summed E-state index contributed by atoms with van der Waals surface area (Å²) in [4.78, 5) is 25.5. The van der Waals surface area contributed by atoms with Crippen LogP contribution in [0.1, 0.15) is 46.0 Å². The molecule has 0 aromatic rings. The number of ether oxygens (including phenoxy) is 2. The van der Waals surface area contributed by atoms with Gasteiger partial charge in [0.25, 0.3) is 0 Å². The van der Waals surface area contributed by atoms with Gasteiger partial charge >= 0.3 is 5.97 Å². The molecular weight excluding hydrogens is 380 g/mol. The summed E-state index contributed by atoms with van der Waals surface area (Å²) >= 11 is 0. The van der Waals surface area contributed by atoms with E-state index in [1.807, 2.05) is 13.8 Å². The number of hydrogen-bond acceptors (Lipinski definition) is 8. The van der Waals surface area contributed by atoms with E-state index in [9.17, 15) is 30.0 Å². The van der Waals surface area contributed by atoms with Crippen LogP contribution in [0.4, 0.5) is 0 Å². The lowest BCUT2D eigenvalue weighted by atomic mass is 9.60. The number of carbonyl (C=O) groups is 2. The molecule has 0 amide bonds. The number of Topliss-reactive ketones (excluding diaryl/α,β-unsaturated/α-hetero) is 1. The first-order valence-electron chi connectivity index (χ1n) is 10.0. The Hall–Kier alpha value is -1.58. The molecule has 0 bridgehead atoms. The quantitative estimate of drug-likeness (QED) is 0.297. The van der Waals surface area contributed by atoms with Crippen LogP contribution in [0.15, 0.2) is 23.3 Å². The molecule has 2 aliphatic carbocycles. The number of carbonyl (C=O) groups excluding carboxylic acids is 2. The Balaban J connectivity index is 1.71. The molecule has 8 nitrogen and oxygen atoms in total. The van der Waals surface area contributed by atoms with E-state index < -0.39 is 54.6 Å². The second kappa shape index (κ2) is 8.28. The van der Waals surface area contributed by atoms with Gasteiger partial charge in [0.05, 0.1) is 6.61 Å². The van der Waals surface area contributed by atoms with Crippen LogP contribution in [-0.2, 0) is 19.1 Å². The molecule has 0 radical (unpaired) electrons. The largest absolute Gasteiger partial charge is 0.429 e. The SMILES string of the molecule is C=C(C(=O)O[C@@H]1O[C@H](CO)[C@@H](O)[C@H](O)[C@H]1O)[C@@H]1CC(=O)[C@@]2(C)CCCC(C)=C2C1. The first-order chi connectivity index (χ1) is 13.6. The summed E-state index contributed by atoms with van der Waals surface area (Å²) in [5.41, 5.74) is 1.89. The molecule has 0 aromatic heterocycles. The highest BCUT2D eigenvalue weighted by molar-refractivity contribution is 5.94. The second-order valence-corrected chi connectivity index (χ2v) is 8.60. The molecule has 8 heteroatoms. The van der Waals surface area contributed by atoms with Crippen LogP contribution in [0, 0.1) is 11.3 Å². The average molecular weight is 410 g/mol. The molecular formula is C21H30O8. The predicted octanol–water partition coefficient (Wildman–Crippen LogP) is 0.371. The summed E-state index contributed by atoms with van der Waals surface area (Å²) in [5.74, 6) is -1.16. The molecule has 29 heavy (non-hydrogen) atoms. The average Bonchev–Trinajstić information content (AvgIpc) is 2.69. The van der Waals surface area contributed by atoms with Crippen molar-refractivity contribution in [3.05, 3.63) is 23.3 Å². The van der Waals surface area contributed by atoms with Crippen LogP contribution in [0.25, 0.3) is 0 Å². The number of aliphatic hydroxyl groups excluding tert-OH is 4. The van der Waals surface area contributed by atoms with Gasteiger partial charge in [0, 0.05) is 23.3 Å². The third kappa shape index (κ3) is 3.92. The Morgan fingerprint density at radius 2 is 1.93 bits per heavy atom. The van der Waals surface area contributed by atoms with Crippen molar-refractivity contribution in [2.75, 3.05) is 6.61 Å². The minimum Gasteiger partial charge on any atom is -0.429 e. The zero-order chi connectivity index (χ0) is 21.5. The fourth-order valence-corrected chi connectivity index (χ4v) is 4.71. The molecule has 1 aliphatic heterocycles. The van der Waals surface area contributed by atoms with Crippen LogP contribution >= 0.6 is 0 Å². The molecule has 0 aromatic carbocycles. The van der Waals surface area contributed by atoms with E-state index in [1.54, 1.807) is 0 Å². The van der Waals surface area contributed by atoms with Crippen molar-refractivity contribution >= 4 is 11.8 Å². The van der Waals surface area contributed by atoms with Crippen LogP contribution in [0.5, 0.6) is 0 Å². The van der Waals surface area contributed by atoms with Crippen molar-refractivity contribution in [3.63, 3.8) is 0 Å². The second-order valence-electron chi connectivity index (χ2n) is 8.60. The number of ketones is 1. The minimum atomic E-state index is -1.68. The maximum atomic E-state index is 12.9. The Kier molecular flexibility index (Phi) is 6.31. The monoisotopic (exact) mass is 410 g/mol. The molecule has 3 rings (SSSR count). The minimum absolute atomic E-state index is 0.0876. The Bertz CT molecular complexity index is 726. The van der Waals surface area contributed by atoms with E-state index in [1.165, 1.54) is 5.57 Å². The van der Waals surface area contributed by atoms with Crippen molar-refractivity contribution in [2.45, 2.75) is 76.7 Å². The van der Waals surface area contributed by atoms with E-state index in [0.717, 1.165) is 24.8 Å². The molecule has 2 fully saturated rings. The Morgan fingerprint density at radius 3 is 2.59 bits per heavy atom. The molecule has 1 heterocycles. The normalized spacial score (nSPS) is 40.4. The lowest BCUT2D eigenvalue weighted by Gasteiger charge is -2.43. The van der Waals surface area contributed by atoms with Crippen LogP contribution < -0.4 is 0 Å². The van der Waals surface area contributed by atoms with Crippen molar-refractivity contribution in [2.24, 2.45) is 11.3 Å². The Labute approximate surface area is 169 Å². The topological polar surface area (TPSA) is 134 Å². The zero-order valence-electron chi connectivity index (χ0n) is 16.8. The van der Waals surface area contributed by atoms with Crippen molar-refractivity contribution in [1.29, 1.82) is 0 Å². The molecule has 4 N–H and O–H groups in total. The molecule has 1 saturated heterocycles. The molecule has 0 spiro atoms. The summed E-state index contributed by atoms with van der Waals surface area (Å²) in [6, 6.07) is 0. The number of fused-ring (bicyclic) bond motifs is 1. The van der Waals surface area contributed by atoms with Crippen molar-refractivity contribution < 1.29 is 39.5 Å². The summed E-state index contributed by atoms with van der Waals surface area (Å²) in [5, 5.41) is 38.9. The van der Waals surface area contributed by atoms with Crippen molar-refractivity contribution in [3.8, 4) is 0 Å². The number of hydrogen-bond donors (Lipinski definition) is 4. The highest BCUT2D eigenvalue weighted by Crippen LogP contribution is 2.50. The Morgan fingerprint density at radius 1 is 1.24 bits per heavy atom. The van der Waals surface area contributed by atoms with Gasteiger partial charge in [-0.25, -0.2) is 4.79 Å². The van der Waals surface area contributed by atoms with E-state index in [4.69, 9.17) is 9.47 Å². The van der Waals surface area contributed by atoms with Gasteiger partial charge in [-0.15, -0.1) is 0 Å². The van der Waals surface area contributed by atoms with Crippen LogP contribution in [0.3, 0.4) is 0 Å². The molecule has 1 saturated carbocycles. The third-order valence-electron chi connectivity index (χ3n) is 6.73. The fraction of sp³-hybridized carbons (Fsp3) is 0.714. The fourth-order valence-electron chi connectivity index (χ4n) is 4.71. The summed E-state index contributed by atoms with van der Waals surface area (Å²) in [6.07, 6.45) is -4.12. The third-order valence-corrected chi connectivity index (χ3v) is 6.73. The van der Waals surface area contributed by atoms with E-state index in [0.29, 0.717) is 6.42 Å². The molecule has 3 aliphatic rings. The lowest BCUT2D eigenvalue weighted by Crippen LogP contribution is -2.59. The molecule has 0 unspecified atom stereocenters. The summed E-state index contributed by atoms with van der Waals surface area (Å²) in [6.45, 7) is 7.19. The summed E-state index contributed by atoms with van der Waals surface area (Å²) in [7, 11) is 0. The highest BCUT2D eigenvalue weighted by Gasteiger charge is 2.48. The van der Waals surface area contributed by atoms with Gasteiger partial charge in [-0.2, -0.15) is 0 Å².